The molecule has 0 heterocycles. The highest BCUT2D eigenvalue weighted by atomic mass is 125. The lowest BCUT2D eigenvalue weighted by Crippen LogP contribution is -2.33. The van der Waals surface area contributed by atoms with Crippen LogP contribution in [-0.4, -0.2) is 34.5 Å². The third-order valence-electron chi connectivity index (χ3n) is 2.23. The van der Waals surface area contributed by atoms with Crippen molar-refractivity contribution in [1.82, 2.24) is 5.32 Å². The first kappa shape index (κ1) is 16.3. The van der Waals surface area contributed by atoms with Gasteiger partial charge in [0.25, 0.3) is 0 Å². The highest BCUT2D eigenvalue weighted by Gasteiger charge is 2.12. The van der Waals surface area contributed by atoms with Crippen LogP contribution < -0.4 is 11.1 Å². The van der Waals surface area contributed by atoms with Gasteiger partial charge >= 0.3 is 5.97 Å². The van der Waals surface area contributed by atoms with Gasteiger partial charge in [0, 0.05) is 15.9 Å². The number of hydrogen-bond donors (Lipinski definition) is 3. The smallest absolute Gasteiger partial charge is 0.321 e. The molecule has 1 rings (SSSR count). The van der Waals surface area contributed by atoms with Gasteiger partial charge in [-0.25, -0.2) is 0 Å². The number of thioether (sulfide) groups is 1. The van der Waals surface area contributed by atoms with Crippen molar-refractivity contribution >= 4 is 46.2 Å². The molecule has 0 radical (unpaired) electrons. The fraction of sp³-hybridized carbons (Fsp3) is 0.333. The first-order valence-corrected chi connectivity index (χ1v) is 7.79. The average Bonchev–Trinajstić information content (AvgIpc) is 2.36. The first-order chi connectivity index (χ1) is 8.99. The van der Waals surface area contributed by atoms with Crippen molar-refractivity contribution in [3.63, 3.8) is 0 Å². The number of carboxylic acids is 1. The zero-order valence-electron chi connectivity index (χ0n) is 10.1. The lowest BCUT2D eigenvalue weighted by atomic mass is 10.2. The van der Waals surface area contributed by atoms with Crippen LogP contribution >= 0.6 is 34.4 Å². The van der Waals surface area contributed by atoms with Crippen molar-refractivity contribution in [2.45, 2.75) is 12.6 Å². The summed E-state index contributed by atoms with van der Waals surface area (Å²) in [6.07, 6.45) is 0. The van der Waals surface area contributed by atoms with Crippen LogP contribution in [0.15, 0.2) is 24.3 Å². The Morgan fingerprint density at radius 3 is 2.84 bits per heavy atom. The van der Waals surface area contributed by atoms with Crippen LogP contribution in [-0.2, 0) is 16.1 Å². The number of rotatable bonds is 7. The van der Waals surface area contributed by atoms with E-state index in [1.165, 1.54) is 11.8 Å². The van der Waals surface area contributed by atoms with Gasteiger partial charge in [0.05, 0.1) is 5.75 Å². The zero-order valence-corrected chi connectivity index (χ0v) is 13.1. The summed E-state index contributed by atoms with van der Waals surface area (Å²) in [6.45, 7) is 0.473. The van der Waals surface area contributed by atoms with Gasteiger partial charge in [0.1, 0.15) is 6.04 Å². The van der Waals surface area contributed by atoms with Gasteiger partial charge in [0.2, 0.25) is 5.91 Å². The molecule has 5 nitrogen and oxygen atoms in total. The number of hydrogen-bond acceptors (Lipinski definition) is 4. The van der Waals surface area contributed by atoms with E-state index in [2.05, 4.69) is 27.9 Å². The standard InChI is InChI=1S/C12H15IN2O3S/c13-9-3-1-2-8(4-9)5-15-11(16)7-19-6-10(14)12(17)18/h1-4,10H,5-7,14H2,(H,15,16)(H,17,18)/t10-/m0/s1/i13-2. The largest absolute Gasteiger partial charge is 0.480 e. The Labute approximate surface area is 129 Å². The lowest BCUT2D eigenvalue weighted by molar-refractivity contribution is -0.138. The summed E-state index contributed by atoms with van der Waals surface area (Å²) in [5.74, 6) is -0.732. The molecule has 4 N–H and O–H groups in total. The van der Waals surface area contributed by atoms with E-state index in [9.17, 15) is 9.59 Å². The fourth-order valence-electron chi connectivity index (χ4n) is 1.25. The minimum Gasteiger partial charge on any atom is -0.480 e. The van der Waals surface area contributed by atoms with E-state index in [1.54, 1.807) is 0 Å². The molecule has 0 unspecified atom stereocenters. The molecule has 0 aliphatic carbocycles. The summed E-state index contributed by atoms with van der Waals surface area (Å²) in [4.78, 5) is 22.0. The van der Waals surface area contributed by atoms with Gasteiger partial charge in [-0.1, -0.05) is 12.1 Å². The molecule has 1 aromatic rings. The zero-order chi connectivity index (χ0) is 14.3. The van der Waals surface area contributed by atoms with Gasteiger partial charge in [0.15, 0.2) is 0 Å². The molecule has 0 fully saturated rings. The Kier molecular flexibility index (Phi) is 7.17. The Balaban J connectivity index is 2.23. The molecule has 0 saturated carbocycles. The molecule has 1 aromatic carbocycles. The van der Waals surface area contributed by atoms with Gasteiger partial charge in [-0.2, -0.15) is 0 Å². The van der Waals surface area contributed by atoms with E-state index >= 15 is 0 Å². The van der Waals surface area contributed by atoms with Crippen LogP contribution in [0, 0.1) is 3.57 Å². The highest BCUT2D eigenvalue weighted by Crippen LogP contribution is 2.07. The molecular weight excluding hydrogens is 377 g/mol. The van der Waals surface area contributed by atoms with E-state index in [-0.39, 0.29) is 17.4 Å². The van der Waals surface area contributed by atoms with Crippen LogP contribution in [0.1, 0.15) is 5.56 Å². The van der Waals surface area contributed by atoms with Crippen molar-refractivity contribution in [3.8, 4) is 0 Å². The quantitative estimate of drug-likeness (QED) is 0.604. The van der Waals surface area contributed by atoms with Crippen molar-refractivity contribution in [2.24, 2.45) is 5.73 Å². The van der Waals surface area contributed by atoms with Crippen LogP contribution in [0.25, 0.3) is 0 Å². The summed E-state index contributed by atoms with van der Waals surface area (Å²) in [7, 11) is 0. The third kappa shape index (κ3) is 6.79. The molecule has 19 heavy (non-hydrogen) atoms. The summed E-state index contributed by atoms with van der Waals surface area (Å²) in [6, 6.07) is 6.93. The SMILES string of the molecule is N[C@@H](CSCC(=O)NCc1cccc([125I])c1)C(=O)O. The normalized spacial score (nSPS) is 11.9. The Hall–Kier alpha value is -0.800. The van der Waals surface area contributed by atoms with Crippen molar-refractivity contribution in [2.75, 3.05) is 11.5 Å². The molecule has 1 atom stereocenters. The fourth-order valence-corrected chi connectivity index (χ4v) is 2.66. The highest BCUT2D eigenvalue weighted by molar-refractivity contribution is 14.1. The van der Waals surface area contributed by atoms with Gasteiger partial charge in [-0.3, -0.25) is 9.59 Å². The second-order valence-electron chi connectivity index (χ2n) is 3.87. The average molecular weight is 392 g/mol. The minimum atomic E-state index is -1.05. The molecule has 104 valence electrons. The molecular formula is C12H15IN2O3S. The number of aliphatic carboxylic acids is 1. The number of nitrogens with two attached hydrogens (primary N) is 1. The monoisotopic (exact) mass is 392 g/mol. The maximum Gasteiger partial charge on any atom is 0.321 e. The Morgan fingerprint density at radius 1 is 1.47 bits per heavy atom. The van der Waals surface area contributed by atoms with Gasteiger partial charge < -0.3 is 16.2 Å². The molecule has 0 bridgehead atoms. The van der Waals surface area contributed by atoms with E-state index < -0.39 is 12.0 Å². The van der Waals surface area contributed by atoms with Crippen LogP contribution in [0.4, 0.5) is 0 Å². The minimum absolute atomic E-state index is 0.124. The lowest BCUT2D eigenvalue weighted by Gasteiger charge is -2.07. The van der Waals surface area contributed by atoms with Crippen molar-refractivity contribution < 1.29 is 14.7 Å². The Morgan fingerprint density at radius 2 is 2.21 bits per heavy atom. The summed E-state index contributed by atoms with van der Waals surface area (Å²) >= 11 is 3.43. The van der Waals surface area contributed by atoms with Gasteiger partial charge in [-0.15, -0.1) is 11.8 Å². The van der Waals surface area contributed by atoms with E-state index in [0.29, 0.717) is 6.54 Å². The number of nitrogens with one attached hydrogen (secondary N) is 1. The summed E-state index contributed by atoms with van der Waals surface area (Å²) in [5, 5.41) is 11.4. The van der Waals surface area contributed by atoms with Crippen molar-refractivity contribution in [1.29, 1.82) is 0 Å². The number of carboxylic acid groups (broad SMARTS) is 1. The topological polar surface area (TPSA) is 92.4 Å². The van der Waals surface area contributed by atoms with Gasteiger partial charge in [-0.05, 0) is 40.3 Å². The molecule has 7 heteroatoms. The number of carbonyl (C=O) groups is 2. The predicted octanol–water partition coefficient (Wildman–Crippen LogP) is 1.05. The second kappa shape index (κ2) is 8.39. The molecule has 0 aliphatic heterocycles. The first-order valence-electron chi connectivity index (χ1n) is 5.56. The maximum atomic E-state index is 11.5. The number of amides is 1. The van der Waals surface area contributed by atoms with Crippen molar-refractivity contribution in [3.05, 3.63) is 33.4 Å². The molecule has 0 aromatic heterocycles. The van der Waals surface area contributed by atoms with E-state index in [0.717, 1.165) is 9.13 Å². The number of halogens is 1. The molecule has 0 saturated heterocycles. The maximum absolute atomic E-state index is 11.5. The number of carbonyl (C=O) groups excluding carboxylic acids is 1. The summed E-state index contributed by atoms with van der Waals surface area (Å²) < 4.78 is 1.12. The third-order valence-corrected chi connectivity index (χ3v) is 3.96. The molecule has 0 aliphatic rings. The Bertz CT molecular complexity index is 456. The number of benzene rings is 1. The molecule has 0 spiro atoms. The van der Waals surface area contributed by atoms with Crippen LogP contribution in [0.5, 0.6) is 0 Å². The summed E-state index contributed by atoms with van der Waals surface area (Å²) in [5.41, 5.74) is 6.37. The molecule has 1 amide bonds. The second-order valence-corrected chi connectivity index (χ2v) is 6.14. The van der Waals surface area contributed by atoms with E-state index in [1.807, 2.05) is 24.3 Å². The van der Waals surface area contributed by atoms with Crippen LogP contribution in [0.3, 0.4) is 0 Å². The predicted molar refractivity (Wildman–Crippen MR) is 83.9 cm³/mol. The van der Waals surface area contributed by atoms with E-state index in [4.69, 9.17) is 10.8 Å². The van der Waals surface area contributed by atoms with Crippen LogP contribution in [0.2, 0.25) is 0 Å².